The number of imidazole rings is 2. The van der Waals surface area contributed by atoms with Gasteiger partial charge in [-0.05, 0) is 57.2 Å². The van der Waals surface area contributed by atoms with Crippen LogP contribution in [-0.2, 0) is 30.9 Å². The number of fused-ring (bicyclic) bond motifs is 13. The Morgan fingerprint density at radius 3 is 2.24 bits per heavy atom. The molecule has 5 aromatic heterocycles. The van der Waals surface area contributed by atoms with Crippen molar-refractivity contribution in [3.8, 4) is 5.69 Å². The molecule has 0 N–H and O–H groups in total. The number of nitrogens with zero attached hydrogens (tertiary/aromatic N) is 6. The van der Waals surface area contributed by atoms with Gasteiger partial charge < -0.3 is 4.40 Å². The fourth-order valence-electron chi connectivity index (χ4n) is 7.25. The Hall–Kier alpha value is -4.84. The van der Waals surface area contributed by atoms with Crippen LogP contribution in [0.2, 0.25) is 0 Å². The van der Waals surface area contributed by atoms with Gasteiger partial charge in [0, 0.05) is 54.5 Å². The molecule has 0 bridgehead atoms. The number of rotatable bonds is 0. The Bertz CT molecular complexity index is 2620. The molecule has 0 saturated carbocycles. The summed E-state index contributed by atoms with van der Waals surface area (Å²) in [6.07, 6.45) is 3.70. The van der Waals surface area contributed by atoms with Crippen molar-refractivity contribution in [2.45, 2.75) is 38.5 Å². The van der Waals surface area contributed by atoms with E-state index in [4.69, 9.17) is 4.98 Å². The molecule has 7 heteroatoms. The summed E-state index contributed by atoms with van der Waals surface area (Å²) in [5, 5.41) is 9.30. The molecule has 0 spiro atoms. The zero-order valence-corrected chi connectivity index (χ0v) is 28.3. The van der Waals surface area contributed by atoms with Crippen LogP contribution in [0.3, 0.4) is 0 Å². The van der Waals surface area contributed by atoms with E-state index in [-0.39, 0.29) is 30.9 Å². The SMILES string of the molecule is CC1(C)c2ccc[c-]c2-n2nccc2C1(C)C.[Ir].[c-]1ccc2c3ccccc3c3ccccc3n3c2c1n1c2ncccc2nc13. The number of aromatic nitrogens is 6. The van der Waals surface area contributed by atoms with Crippen LogP contribution in [0.4, 0.5) is 0 Å². The van der Waals surface area contributed by atoms with Gasteiger partial charge in [0.1, 0.15) is 5.52 Å². The Morgan fingerprint density at radius 2 is 1.41 bits per heavy atom. The second-order valence-corrected chi connectivity index (χ2v) is 12.9. The minimum absolute atomic E-state index is 0. The second-order valence-electron chi connectivity index (χ2n) is 12.9. The van der Waals surface area contributed by atoms with Crippen LogP contribution < -0.4 is 0 Å². The van der Waals surface area contributed by atoms with Gasteiger partial charge >= 0.3 is 0 Å². The second kappa shape index (κ2) is 10.1. The number of benzene rings is 4. The molecule has 10 rings (SSSR count). The van der Waals surface area contributed by atoms with Gasteiger partial charge in [0.25, 0.3) is 0 Å². The van der Waals surface area contributed by atoms with E-state index in [9.17, 15) is 0 Å². The van der Waals surface area contributed by atoms with E-state index in [1.165, 1.54) is 32.8 Å². The summed E-state index contributed by atoms with van der Waals surface area (Å²) in [6, 6.07) is 40.3. The van der Waals surface area contributed by atoms with Gasteiger partial charge in [-0.1, -0.05) is 70.2 Å². The van der Waals surface area contributed by atoms with Crippen molar-refractivity contribution in [3.63, 3.8) is 0 Å². The molecule has 46 heavy (non-hydrogen) atoms. The van der Waals surface area contributed by atoms with Crippen molar-refractivity contribution < 1.29 is 20.1 Å². The van der Waals surface area contributed by atoms with Gasteiger partial charge in [-0.15, -0.1) is 10.9 Å². The monoisotopic (exact) mass is 775 g/mol. The van der Waals surface area contributed by atoms with E-state index in [0.29, 0.717) is 0 Å². The van der Waals surface area contributed by atoms with Crippen molar-refractivity contribution in [1.29, 1.82) is 0 Å². The predicted molar refractivity (Wildman–Crippen MR) is 181 cm³/mol. The van der Waals surface area contributed by atoms with Crippen molar-refractivity contribution in [3.05, 3.63) is 133 Å². The molecule has 6 heterocycles. The molecule has 0 atom stereocenters. The summed E-state index contributed by atoms with van der Waals surface area (Å²) in [5.74, 6) is 0.868. The van der Waals surface area contributed by atoms with Crippen LogP contribution in [0.1, 0.15) is 39.0 Å². The Labute approximate surface area is 279 Å². The molecule has 4 aromatic carbocycles. The zero-order valence-electron chi connectivity index (χ0n) is 25.9. The minimum atomic E-state index is 0. The maximum Gasteiger partial charge on any atom is 0.208 e. The number of para-hydroxylation sites is 2. The maximum atomic E-state index is 4.94. The molecule has 0 fully saturated rings. The zero-order chi connectivity index (χ0) is 30.5. The third-order valence-electron chi connectivity index (χ3n) is 10.2. The first-order chi connectivity index (χ1) is 21.9. The smallest absolute Gasteiger partial charge is 0.208 e. The Balaban J connectivity index is 0.000000150. The van der Waals surface area contributed by atoms with Crippen LogP contribution in [0.5, 0.6) is 0 Å². The topological polar surface area (TPSA) is 52.4 Å². The van der Waals surface area contributed by atoms with E-state index in [0.717, 1.165) is 39.2 Å². The van der Waals surface area contributed by atoms with Crippen molar-refractivity contribution >= 4 is 55.0 Å². The molecule has 1 radical (unpaired) electrons. The molecule has 0 aliphatic carbocycles. The average Bonchev–Trinajstić information content (AvgIpc) is 3.77. The normalized spacial score (nSPS) is 14.7. The third kappa shape index (κ3) is 3.70. The summed E-state index contributed by atoms with van der Waals surface area (Å²) < 4.78 is 6.41. The fraction of sp³-hybridized carbons (Fsp3) is 0.154. The number of hydrogen-bond acceptors (Lipinski definition) is 3. The van der Waals surface area contributed by atoms with Crippen molar-refractivity contribution in [1.82, 2.24) is 28.5 Å². The van der Waals surface area contributed by atoms with Crippen LogP contribution in [0.25, 0.3) is 60.7 Å². The molecule has 227 valence electrons. The summed E-state index contributed by atoms with van der Waals surface area (Å²) in [7, 11) is 0. The Kier molecular flexibility index (Phi) is 6.27. The maximum absolute atomic E-state index is 4.94. The van der Waals surface area contributed by atoms with E-state index in [1.807, 2.05) is 41.3 Å². The molecular weight excluding hydrogens is 745 g/mol. The third-order valence-corrected chi connectivity index (χ3v) is 10.2. The van der Waals surface area contributed by atoms with Gasteiger partial charge in [-0.3, -0.25) is 9.08 Å². The standard InChI is InChI=1S/C24H13N4.C15H17N2.Ir/c1-2-8-16-15(7-1)17-9-3-4-12-20(17)27-22-18(16)10-5-13-21(22)28-23-19(26-24(27)28)11-6-14-25-23;1-14(2)11-7-5-6-8-12(11)17-13(9-10-16-17)15(14,3)4;/h1-12,14H;5-7,9-10H,1-4H3;/q2*-1;. The first-order valence-electron chi connectivity index (χ1n) is 15.3. The van der Waals surface area contributed by atoms with Crippen LogP contribution in [0.15, 0.2) is 109 Å². The van der Waals surface area contributed by atoms with Gasteiger partial charge in [0.05, 0.1) is 0 Å². The number of hydrogen-bond donors (Lipinski definition) is 0. The minimum Gasteiger partial charge on any atom is -0.332 e. The molecule has 6 nitrogen and oxygen atoms in total. The van der Waals surface area contributed by atoms with Gasteiger partial charge in [-0.2, -0.15) is 47.6 Å². The molecule has 0 amide bonds. The molecule has 1 aliphatic rings. The molecule has 0 unspecified atom stereocenters. The summed E-state index contributed by atoms with van der Waals surface area (Å²) in [6.45, 7) is 9.18. The van der Waals surface area contributed by atoms with E-state index in [2.05, 4.69) is 132 Å². The summed E-state index contributed by atoms with van der Waals surface area (Å²) in [5.41, 5.74) is 8.82. The quantitative estimate of drug-likeness (QED) is 0.145. The summed E-state index contributed by atoms with van der Waals surface area (Å²) >= 11 is 0. The van der Waals surface area contributed by atoms with Gasteiger partial charge in [0.2, 0.25) is 5.78 Å². The molecule has 9 aromatic rings. The van der Waals surface area contributed by atoms with Crippen molar-refractivity contribution in [2.75, 3.05) is 0 Å². The fourth-order valence-corrected chi connectivity index (χ4v) is 7.25. The number of pyridine rings is 1. The van der Waals surface area contributed by atoms with Gasteiger partial charge in [0.15, 0.2) is 5.65 Å². The molecule has 0 saturated heterocycles. The van der Waals surface area contributed by atoms with E-state index >= 15 is 0 Å². The van der Waals surface area contributed by atoms with Crippen molar-refractivity contribution in [2.24, 2.45) is 0 Å². The van der Waals surface area contributed by atoms with Crippen LogP contribution >= 0.6 is 0 Å². The van der Waals surface area contributed by atoms with E-state index in [1.54, 1.807) is 0 Å². The first-order valence-corrected chi connectivity index (χ1v) is 15.3. The predicted octanol–water partition coefficient (Wildman–Crippen LogP) is 8.63. The average molecular weight is 775 g/mol. The van der Waals surface area contributed by atoms with Crippen LogP contribution in [-0.4, -0.2) is 28.5 Å². The Morgan fingerprint density at radius 1 is 0.652 bits per heavy atom. The molecular formula is C39H30IrN6-2. The first kappa shape index (κ1) is 28.6. The molecule has 1 aliphatic heterocycles. The largest absolute Gasteiger partial charge is 0.332 e. The van der Waals surface area contributed by atoms with Gasteiger partial charge in [-0.25, -0.2) is 9.97 Å². The summed E-state index contributed by atoms with van der Waals surface area (Å²) in [4.78, 5) is 9.55. The van der Waals surface area contributed by atoms with E-state index < -0.39 is 0 Å². The van der Waals surface area contributed by atoms with Crippen LogP contribution in [0, 0.1) is 12.1 Å².